The Morgan fingerprint density at radius 1 is 0.929 bits per heavy atom. The Morgan fingerprint density at radius 3 is 2.04 bits per heavy atom. The number of rotatable bonds is 5. The Morgan fingerprint density at radius 2 is 1.50 bits per heavy atom. The SMILES string of the molecule is COc1ccc(/C=N/NC(=S)N/N=C(\C)[C]2[CH][CH][CH][CH]2)cc1.[CH]1[CH][CH][CH][CH]1.[Fe+2]. The van der Waals surface area contributed by atoms with E-state index in [-0.39, 0.29) is 17.1 Å². The summed E-state index contributed by atoms with van der Waals surface area (Å²) in [5.41, 5.74) is 7.25. The van der Waals surface area contributed by atoms with Crippen molar-refractivity contribution >= 4 is 29.3 Å². The topological polar surface area (TPSA) is 58.0 Å². The fourth-order valence-electron chi connectivity index (χ4n) is 2.02. The molecule has 0 amide bonds. The molecule has 1 aromatic carbocycles. The predicted molar refractivity (Wildman–Crippen MR) is 115 cm³/mol. The van der Waals surface area contributed by atoms with E-state index < -0.39 is 0 Å². The summed E-state index contributed by atoms with van der Waals surface area (Å²) < 4.78 is 5.09. The third kappa shape index (κ3) is 9.67. The fraction of sp³-hybridized carbons (Fsp3) is 0.0952. The van der Waals surface area contributed by atoms with E-state index in [1.54, 1.807) is 13.3 Å². The van der Waals surface area contributed by atoms with Crippen LogP contribution in [0.5, 0.6) is 5.75 Å². The van der Waals surface area contributed by atoms with E-state index in [1.807, 2.05) is 89.0 Å². The van der Waals surface area contributed by atoms with Crippen molar-refractivity contribution in [2.24, 2.45) is 10.2 Å². The van der Waals surface area contributed by atoms with Gasteiger partial charge in [0.1, 0.15) is 5.75 Å². The molecule has 2 aliphatic rings. The minimum absolute atomic E-state index is 0. The first-order chi connectivity index (χ1) is 13.2. The van der Waals surface area contributed by atoms with Gasteiger partial charge in [0.15, 0.2) is 0 Å². The van der Waals surface area contributed by atoms with E-state index in [9.17, 15) is 0 Å². The van der Waals surface area contributed by atoms with Gasteiger partial charge in [0, 0.05) is 11.6 Å². The van der Waals surface area contributed by atoms with Gasteiger partial charge >= 0.3 is 17.1 Å². The van der Waals surface area contributed by atoms with Crippen molar-refractivity contribution in [3.05, 3.63) is 93.5 Å². The van der Waals surface area contributed by atoms with Crippen LogP contribution in [0.25, 0.3) is 0 Å². The summed E-state index contributed by atoms with van der Waals surface area (Å²) in [5.74, 6) is 1.86. The molecule has 7 heteroatoms. The third-order valence-corrected chi connectivity index (χ3v) is 3.64. The first-order valence-corrected chi connectivity index (χ1v) is 8.76. The maximum absolute atomic E-state index is 5.09. The molecule has 5 nitrogen and oxygen atoms in total. The van der Waals surface area contributed by atoms with Crippen LogP contribution in [-0.4, -0.2) is 24.1 Å². The summed E-state index contributed by atoms with van der Waals surface area (Å²) in [6, 6.07) is 7.53. The van der Waals surface area contributed by atoms with E-state index in [0.717, 1.165) is 22.9 Å². The molecule has 0 bridgehead atoms. The fourth-order valence-corrected chi connectivity index (χ4v) is 2.11. The van der Waals surface area contributed by atoms with E-state index >= 15 is 0 Å². The number of benzene rings is 1. The number of thiocarbonyl (C=S) groups is 1. The largest absolute Gasteiger partial charge is 2.00 e. The molecule has 10 radical (unpaired) electrons. The zero-order valence-corrected chi connectivity index (χ0v) is 17.6. The van der Waals surface area contributed by atoms with Gasteiger partial charge in [-0.15, -0.1) is 0 Å². The standard InChI is InChI=1S/C16H17N4OS.C5H5.Fe/c1-12(14-5-3-4-6-14)18-20-16(22)19-17-11-13-7-9-15(21-2)10-8-13;1-2-4-5-3-1;/h3-11H,1-2H3,(H2,19,20,22);1-5H;/q;;+2/b17-11+,18-12+;;. The van der Waals surface area contributed by atoms with Gasteiger partial charge in [-0.2, -0.15) is 10.2 Å². The predicted octanol–water partition coefficient (Wildman–Crippen LogP) is 3.29. The second kappa shape index (κ2) is 14.6. The van der Waals surface area contributed by atoms with Crippen molar-refractivity contribution in [2.45, 2.75) is 6.92 Å². The molecule has 0 aliphatic heterocycles. The number of ether oxygens (including phenoxy) is 1. The van der Waals surface area contributed by atoms with E-state index in [2.05, 4.69) is 21.1 Å². The average Bonchev–Trinajstić information content (AvgIpc) is 3.43. The van der Waals surface area contributed by atoms with Gasteiger partial charge in [-0.3, -0.25) is 10.9 Å². The van der Waals surface area contributed by atoms with Gasteiger partial charge in [-0.05, 0) is 107 Å². The van der Waals surface area contributed by atoms with Crippen molar-refractivity contribution in [2.75, 3.05) is 7.11 Å². The Balaban J connectivity index is 0.000000567. The summed E-state index contributed by atoms with van der Waals surface area (Å²) in [7, 11) is 1.63. The van der Waals surface area contributed by atoms with E-state index in [1.165, 1.54) is 0 Å². The van der Waals surface area contributed by atoms with Crippen molar-refractivity contribution in [3.63, 3.8) is 0 Å². The Kier molecular flexibility index (Phi) is 12.8. The number of hydrogen-bond donors (Lipinski definition) is 2. The van der Waals surface area contributed by atoms with Crippen LogP contribution in [-0.2, 0) is 17.1 Å². The van der Waals surface area contributed by atoms with Crippen LogP contribution < -0.4 is 15.6 Å². The van der Waals surface area contributed by atoms with Crippen LogP contribution in [0.4, 0.5) is 0 Å². The molecular weight excluding hydrogens is 412 g/mol. The molecule has 0 heterocycles. The summed E-state index contributed by atoms with van der Waals surface area (Å²) >= 11 is 5.09. The Hall–Kier alpha value is -1.43. The molecule has 0 unspecified atom stereocenters. The number of nitrogens with zero attached hydrogens (tertiary/aromatic N) is 2. The summed E-state index contributed by atoms with van der Waals surface area (Å²) in [4.78, 5) is 0. The second-order valence-corrected chi connectivity index (χ2v) is 5.83. The summed E-state index contributed by atoms with van der Waals surface area (Å²) in [5, 5.41) is 8.57. The van der Waals surface area contributed by atoms with E-state index in [0.29, 0.717) is 5.11 Å². The molecular formula is C21H22FeN4OS+2. The van der Waals surface area contributed by atoms with E-state index in [4.69, 9.17) is 17.0 Å². The van der Waals surface area contributed by atoms with Crippen LogP contribution in [0, 0.1) is 63.7 Å². The maximum atomic E-state index is 5.09. The monoisotopic (exact) mass is 434 g/mol. The molecule has 144 valence electrons. The quantitative estimate of drug-likeness (QED) is 0.323. The van der Waals surface area contributed by atoms with Crippen LogP contribution in [0.2, 0.25) is 0 Å². The van der Waals surface area contributed by atoms with Gasteiger partial charge in [0.05, 0.1) is 13.3 Å². The minimum atomic E-state index is 0. The van der Waals surface area contributed by atoms with Crippen molar-refractivity contribution in [1.29, 1.82) is 0 Å². The Bertz CT molecular complexity index is 616. The third-order valence-electron chi connectivity index (χ3n) is 3.46. The smallest absolute Gasteiger partial charge is 0.497 e. The van der Waals surface area contributed by atoms with Gasteiger partial charge in [-0.1, -0.05) is 0 Å². The minimum Gasteiger partial charge on any atom is -0.497 e. The van der Waals surface area contributed by atoms with Crippen LogP contribution in [0.3, 0.4) is 0 Å². The number of hydrogen-bond acceptors (Lipinski definition) is 4. The van der Waals surface area contributed by atoms with Crippen LogP contribution >= 0.6 is 12.2 Å². The molecule has 2 aliphatic carbocycles. The number of nitrogens with one attached hydrogen (secondary N) is 2. The summed E-state index contributed by atoms with van der Waals surface area (Å²) in [6.45, 7) is 1.91. The molecule has 0 aromatic heterocycles. The van der Waals surface area contributed by atoms with Gasteiger partial charge in [-0.25, -0.2) is 0 Å². The normalized spacial score (nSPS) is 16.9. The van der Waals surface area contributed by atoms with Crippen LogP contribution in [0.1, 0.15) is 12.5 Å². The maximum Gasteiger partial charge on any atom is 2.00 e. The second-order valence-electron chi connectivity index (χ2n) is 5.42. The molecule has 2 N–H and O–H groups in total. The summed E-state index contributed by atoms with van der Waals surface area (Å²) in [6.07, 6.45) is 19.6. The molecule has 0 atom stereocenters. The first-order valence-electron chi connectivity index (χ1n) is 8.35. The molecule has 28 heavy (non-hydrogen) atoms. The number of hydrazone groups is 2. The van der Waals surface area contributed by atoms with Crippen LogP contribution in [0.15, 0.2) is 34.5 Å². The van der Waals surface area contributed by atoms with Gasteiger partial charge in [0.25, 0.3) is 0 Å². The molecule has 3 rings (SSSR count). The van der Waals surface area contributed by atoms with Crippen molar-refractivity contribution < 1.29 is 21.8 Å². The average molecular weight is 434 g/mol. The first kappa shape index (κ1) is 24.6. The van der Waals surface area contributed by atoms with Gasteiger partial charge < -0.3 is 4.74 Å². The van der Waals surface area contributed by atoms with Crippen molar-refractivity contribution in [3.8, 4) is 5.75 Å². The molecule has 0 spiro atoms. The molecule has 1 aromatic rings. The van der Waals surface area contributed by atoms with Crippen molar-refractivity contribution in [1.82, 2.24) is 10.9 Å². The molecule has 2 fully saturated rings. The number of methoxy groups -OCH3 is 1. The van der Waals surface area contributed by atoms with Gasteiger partial charge in [0.2, 0.25) is 5.11 Å². The molecule has 0 saturated heterocycles. The molecule has 2 saturated carbocycles. The zero-order valence-electron chi connectivity index (χ0n) is 15.6. The zero-order chi connectivity index (χ0) is 19.3. The Labute approximate surface area is 185 Å².